The van der Waals surface area contributed by atoms with E-state index in [1.807, 2.05) is 19.1 Å². The van der Waals surface area contributed by atoms with Gasteiger partial charge in [-0.2, -0.15) is 0 Å². The molecule has 1 unspecified atom stereocenters. The summed E-state index contributed by atoms with van der Waals surface area (Å²) < 4.78 is 0. The zero-order valence-electron chi connectivity index (χ0n) is 9.37. The standard InChI is InChI=1S/C12H13Cl2N3/c1-2-15-11(12-16-6-7-17-12)8-4-3-5-9(13)10(8)14/h3-7,11,15H,2H2,1H3,(H,16,17). The summed E-state index contributed by atoms with van der Waals surface area (Å²) in [5, 5.41) is 4.45. The molecule has 17 heavy (non-hydrogen) atoms. The van der Waals surface area contributed by atoms with Crippen molar-refractivity contribution in [3.8, 4) is 0 Å². The Bertz CT molecular complexity index is 483. The molecule has 2 aromatic rings. The van der Waals surface area contributed by atoms with Gasteiger partial charge in [0.1, 0.15) is 5.82 Å². The third-order valence-electron chi connectivity index (χ3n) is 2.49. The molecule has 0 amide bonds. The van der Waals surface area contributed by atoms with Gasteiger partial charge in [0.15, 0.2) is 0 Å². The number of rotatable bonds is 4. The number of nitrogens with zero attached hydrogens (tertiary/aromatic N) is 1. The summed E-state index contributed by atoms with van der Waals surface area (Å²) in [5.41, 5.74) is 0.927. The van der Waals surface area contributed by atoms with Crippen molar-refractivity contribution in [3.63, 3.8) is 0 Å². The second-order valence-electron chi connectivity index (χ2n) is 3.61. The van der Waals surface area contributed by atoms with Crippen LogP contribution >= 0.6 is 23.2 Å². The highest BCUT2D eigenvalue weighted by Crippen LogP contribution is 2.31. The molecule has 0 saturated carbocycles. The molecular weight excluding hydrogens is 257 g/mol. The fourth-order valence-electron chi connectivity index (χ4n) is 1.74. The lowest BCUT2D eigenvalue weighted by Gasteiger charge is -2.17. The molecule has 1 atom stereocenters. The number of nitrogens with one attached hydrogen (secondary N) is 2. The molecule has 1 aromatic heterocycles. The Morgan fingerprint density at radius 3 is 2.88 bits per heavy atom. The number of aromatic nitrogens is 2. The van der Waals surface area contributed by atoms with Gasteiger partial charge >= 0.3 is 0 Å². The first-order chi connectivity index (χ1) is 8.24. The molecule has 90 valence electrons. The Morgan fingerprint density at radius 2 is 2.24 bits per heavy atom. The fourth-order valence-corrected chi connectivity index (χ4v) is 2.15. The lowest BCUT2D eigenvalue weighted by Crippen LogP contribution is -2.23. The molecule has 3 nitrogen and oxygen atoms in total. The van der Waals surface area contributed by atoms with Crippen LogP contribution in [-0.2, 0) is 0 Å². The van der Waals surface area contributed by atoms with E-state index in [0.717, 1.165) is 17.9 Å². The molecule has 1 aromatic carbocycles. The van der Waals surface area contributed by atoms with Crippen molar-refractivity contribution >= 4 is 23.2 Å². The molecule has 0 aliphatic rings. The minimum Gasteiger partial charge on any atom is -0.347 e. The zero-order valence-corrected chi connectivity index (χ0v) is 10.9. The number of halogens is 2. The fraction of sp³-hybridized carbons (Fsp3) is 0.250. The molecule has 0 aliphatic heterocycles. The van der Waals surface area contributed by atoms with Crippen LogP contribution in [0.15, 0.2) is 30.6 Å². The van der Waals surface area contributed by atoms with Gasteiger partial charge in [0, 0.05) is 12.4 Å². The largest absolute Gasteiger partial charge is 0.347 e. The van der Waals surface area contributed by atoms with Crippen LogP contribution in [0.25, 0.3) is 0 Å². The van der Waals surface area contributed by atoms with Gasteiger partial charge in [0.2, 0.25) is 0 Å². The number of aromatic amines is 1. The maximum Gasteiger partial charge on any atom is 0.127 e. The van der Waals surface area contributed by atoms with Gasteiger partial charge in [-0.05, 0) is 18.2 Å². The summed E-state index contributed by atoms with van der Waals surface area (Å²) in [6.45, 7) is 2.85. The molecule has 0 fully saturated rings. The first kappa shape index (κ1) is 12.4. The molecule has 0 aliphatic carbocycles. The maximum atomic E-state index is 6.23. The molecule has 5 heteroatoms. The van der Waals surface area contributed by atoms with E-state index >= 15 is 0 Å². The van der Waals surface area contributed by atoms with Crippen LogP contribution in [0.5, 0.6) is 0 Å². The van der Waals surface area contributed by atoms with Crippen molar-refractivity contribution in [2.24, 2.45) is 0 Å². The topological polar surface area (TPSA) is 40.7 Å². The molecule has 0 radical (unpaired) electrons. The summed E-state index contributed by atoms with van der Waals surface area (Å²) in [6.07, 6.45) is 3.51. The van der Waals surface area contributed by atoms with E-state index in [9.17, 15) is 0 Å². The van der Waals surface area contributed by atoms with E-state index in [2.05, 4.69) is 15.3 Å². The minimum atomic E-state index is -0.0683. The lowest BCUT2D eigenvalue weighted by atomic mass is 10.1. The molecular formula is C12H13Cl2N3. The highest BCUT2D eigenvalue weighted by Gasteiger charge is 2.19. The van der Waals surface area contributed by atoms with Crippen LogP contribution in [0.4, 0.5) is 0 Å². The summed E-state index contributed by atoms with van der Waals surface area (Å²) in [5.74, 6) is 0.830. The molecule has 1 heterocycles. The quantitative estimate of drug-likeness (QED) is 0.893. The predicted molar refractivity (Wildman–Crippen MR) is 70.6 cm³/mol. The highest BCUT2D eigenvalue weighted by molar-refractivity contribution is 6.42. The number of imidazole rings is 1. The number of benzene rings is 1. The van der Waals surface area contributed by atoms with E-state index in [4.69, 9.17) is 23.2 Å². The van der Waals surface area contributed by atoms with E-state index in [1.165, 1.54) is 0 Å². The van der Waals surface area contributed by atoms with Gasteiger partial charge in [-0.25, -0.2) is 4.98 Å². The van der Waals surface area contributed by atoms with Gasteiger partial charge < -0.3 is 10.3 Å². The van der Waals surface area contributed by atoms with Crippen LogP contribution in [0.3, 0.4) is 0 Å². The Balaban J connectivity index is 2.43. The second kappa shape index (κ2) is 5.54. The number of H-pyrrole nitrogens is 1. The van der Waals surface area contributed by atoms with Crippen molar-refractivity contribution in [2.75, 3.05) is 6.54 Å². The Kier molecular flexibility index (Phi) is 4.05. The van der Waals surface area contributed by atoms with Crippen LogP contribution in [-0.4, -0.2) is 16.5 Å². The lowest BCUT2D eigenvalue weighted by molar-refractivity contribution is 0.604. The Labute approximate surface area is 110 Å². The van der Waals surface area contributed by atoms with Crippen LogP contribution in [0.1, 0.15) is 24.4 Å². The number of hydrogen-bond donors (Lipinski definition) is 2. The summed E-state index contributed by atoms with van der Waals surface area (Å²) in [4.78, 5) is 7.35. The first-order valence-corrected chi connectivity index (χ1v) is 6.16. The van der Waals surface area contributed by atoms with Crippen LogP contribution < -0.4 is 5.32 Å². The van der Waals surface area contributed by atoms with Gasteiger partial charge in [-0.15, -0.1) is 0 Å². The van der Waals surface area contributed by atoms with Gasteiger partial charge in [0.05, 0.1) is 16.1 Å². The van der Waals surface area contributed by atoms with Crippen molar-refractivity contribution in [2.45, 2.75) is 13.0 Å². The molecule has 0 spiro atoms. The summed E-state index contributed by atoms with van der Waals surface area (Å²) in [7, 11) is 0. The Hall–Kier alpha value is -1.03. The average molecular weight is 270 g/mol. The van der Waals surface area contributed by atoms with E-state index in [-0.39, 0.29) is 6.04 Å². The smallest absolute Gasteiger partial charge is 0.127 e. The van der Waals surface area contributed by atoms with Crippen molar-refractivity contribution in [1.82, 2.24) is 15.3 Å². The molecule has 0 bridgehead atoms. The van der Waals surface area contributed by atoms with E-state index < -0.39 is 0 Å². The second-order valence-corrected chi connectivity index (χ2v) is 4.39. The monoisotopic (exact) mass is 269 g/mol. The zero-order chi connectivity index (χ0) is 12.3. The summed E-state index contributed by atoms with van der Waals surface area (Å²) in [6, 6.07) is 5.54. The van der Waals surface area contributed by atoms with E-state index in [0.29, 0.717) is 10.0 Å². The SMILES string of the molecule is CCNC(c1ncc[nH]1)c1cccc(Cl)c1Cl. The maximum absolute atomic E-state index is 6.23. The predicted octanol–water partition coefficient (Wildman–Crippen LogP) is 3.42. The van der Waals surface area contributed by atoms with Gasteiger partial charge in [0.25, 0.3) is 0 Å². The molecule has 2 N–H and O–H groups in total. The average Bonchev–Trinajstić information content (AvgIpc) is 2.84. The number of hydrogen-bond acceptors (Lipinski definition) is 2. The van der Waals surface area contributed by atoms with Crippen molar-refractivity contribution in [1.29, 1.82) is 0 Å². The van der Waals surface area contributed by atoms with E-state index in [1.54, 1.807) is 18.5 Å². The van der Waals surface area contributed by atoms with Crippen LogP contribution in [0.2, 0.25) is 10.0 Å². The first-order valence-electron chi connectivity index (χ1n) is 5.40. The van der Waals surface area contributed by atoms with Crippen molar-refractivity contribution < 1.29 is 0 Å². The van der Waals surface area contributed by atoms with Gasteiger partial charge in [-0.3, -0.25) is 0 Å². The molecule has 0 saturated heterocycles. The normalized spacial score (nSPS) is 12.6. The third-order valence-corrected chi connectivity index (χ3v) is 3.33. The third kappa shape index (κ3) is 2.63. The highest BCUT2D eigenvalue weighted by atomic mass is 35.5. The molecule has 2 rings (SSSR count). The minimum absolute atomic E-state index is 0.0683. The van der Waals surface area contributed by atoms with Crippen molar-refractivity contribution in [3.05, 3.63) is 52.0 Å². The van der Waals surface area contributed by atoms with Crippen LogP contribution in [0, 0.1) is 0 Å². The Morgan fingerprint density at radius 1 is 1.41 bits per heavy atom. The summed E-state index contributed by atoms with van der Waals surface area (Å²) >= 11 is 12.3. The van der Waals surface area contributed by atoms with Gasteiger partial charge in [-0.1, -0.05) is 42.3 Å².